The highest BCUT2D eigenvalue weighted by Gasteiger charge is 2.35. The average molecular weight is 434 g/mol. The van der Waals surface area contributed by atoms with Crippen LogP contribution in [0.2, 0.25) is 0 Å². The molecule has 4 N–H and O–H groups in total. The van der Waals surface area contributed by atoms with Gasteiger partial charge in [0.25, 0.3) is 12.4 Å². The number of hydrogen-bond acceptors (Lipinski definition) is 6. The third-order valence-electron chi connectivity index (χ3n) is 5.45. The van der Waals surface area contributed by atoms with Crippen molar-refractivity contribution in [1.29, 1.82) is 0 Å². The minimum Gasteiger partial charge on any atom is -0.483 e. The lowest BCUT2D eigenvalue weighted by molar-refractivity contribution is -0.122. The second-order valence-corrected chi connectivity index (χ2v) is 8.25. The van der Waals surface area contributed by atoms with Crippen molar-refractivity contribution in [2.45, 2.75) is 32.2 Å². The van der Waals surface area contributed by atoms with Gasteiger partial charge < -0.3 is 26.0 Å². The zero-order valence-corrected chi connectivity index (χ0v) is 17.7. The molecule has 3 saturated heterocycles. The molecule has 2 bridgehead atoms. The van der Waals surface area contributed by atoms with E-state index in [1.807, 2.05) is 25.1 Å². The summed E-state index contributed by atoms with van der Waals surface area (Å²) in [5.41, 5.74) is 1.18. The van der Waals surface area contributed by atoms with Crippen LogP contribution in [0.25, 0.3) is 10.1 Å². The van der Waals surface area contributed by atoms with E-state index in [0.29, 0.717) is 23.8 Å². The molecule has 1 aromatic carbocycles. The summed E-state index contributed by atoms with van der Waals surface area (Å²) >= 11 is 1.29. The van der Waals surface area contributed by atoms with Crippen LogP contribution in [-0.4, -0.2) is 65.0 Å². The number of nitrogens with zero attached hydrogens (tertiary/aromatic N) is 2. The highest BCUT2D eigenvalue weighted by molar-refractivity contribution is 7.13. The lowest BCUT2D eigenvalue weighted by Gasteiger charge is -2.44. The number of amides is 3. The molecule has 9 nitrogen and oxygen atoms in total. The fourth-order valence-electron chi connectivity index (χ4n) is 3.96. The van der Waals surface area contributed by atoms with Crippen LogP contribution < -0.4 is 16.0 Å². The maximum Gasteiger partial charge on any atom is 0.319 e. The summed E-state index contributed by atoms with van der Waals surface area (Å²) in [4.78, 5) is 35.4. The number of fused-ring (bicyclic) bond motifs is 4. The molecular weight excluding hydrogens is 406 g/mol. The Bertz CT molecular complexity index is 894. The van der Waals surface area contributed by atoms with Gasteiger partial charge in [0.15, 0.2) is 0 Å². The number of carbonyl (C=O) groups excluding carboxylic acids is 2. The van der Waals surface area contributed by atoms with E-state index in [1.165, 1.54) is 11.5 Å². The maximum atomic E-state index is 12.8. The molecule has 3 amide bonds. The molecule has 3 fully saturated rings. The van der Waals surface area contributed by atoms with Gasteiger partial charge in [-0.05, 0) is 68.0 Å². The Balaban J connectivity index is 0.000000806. The molecule has 1 aromatic heterocycles. The zero-order chi connectivity index (χ0) is 21.5. The van der Waals surface area contributed by atoms with Gasteiger partial charge in [-0.1, -0.05) is 6.92 Å². The first-order valence-electron chi connectivity index (χ1n) is 10.1. The van der Waals surface area contributed by atoms with Crippen molar-refractivity contribution in [1.82, 2.24) is 19.9 Å². The van der Waals surface area contributed by atoms with Gasteiger partial charge in [0.1, 0.15) is 5.69 Å². The molecule has 4 heterocycles. The highest BCUT2D eigenvalue weighted by Crippen LogP contribution is 2.29. The standard InChI is InChI=1S/C19H25N5O2S.CH2O2/c1-2-7-20-19(26)21-13-3-4-14-16(10-13)27-23-17(14)18(25)22-15-11-24-8-5-12(15)6-9-24;2-1-3/h3-4,10,12,15H,2,5-9,11H2,1H3,(H,22,25)(H2,20,21,26);1H,(H,2,3)/t15-;/m1./s1. The van der Waals surface area contributed by atoms with Crippen molar-refractivity contribution >= 4 is 45.7 Å². The SMILES string of the molecule is CCCNC(=O)Nc1ccc2c(C(=O)N[C@@H]3CN4CCC3CC4)nsc2c1.O=CO. The minimum atomic E-state index is -0.250. The Hall–Kier alpha value is -2.72. The normalized spacial score (nSPS) is 22.0. The summed E-state index contributed by atoms with van der Waals surface area (Å²) in [5, 5.41) is 16.5. The molecule has 10 heteroatoms. The molecule has 2 aromatic rings. The number of urea groups is 1. The molecule has 5 rings (SSSR count). The first kappa shape index (κ1) is 22.0. The third kappa shape index (κ3) is 5.25. The molecule has 1 atom stereocenters. The van der Waals surface area contributed by atoms with Gasteiger partial charge in [0.05, 0.1) is 4.70 Å². The van der Waals surface area contributed by atoms with Gasteiger partial charge in [-0.3, -0.25) is 9.59 Å². The van der Waals surface area contributed by atoms with Crippen LogP contribution in [-0.2, 0) is 4.79 Å². The number of piperidine rings is 3. The molecule has 30 heavy (non-hydrogen) atoms. The van der Waals surface area contributed by atoms with E-state index >= 15 is 0 Å². The van der Waals surface area contributed by atoms with E-state index in [9.17, 15) is 9.59 Å². The lowest BCUT2D eigenvalue weighted by atomic mass is 9.84. The summed E-state index contributed by atoms with van der Waals surface area (Å²) in [7, 11) is 0. The van der Waals surface area contributed by atoms with Crippen LogP contribution in [0.15, 0.2) is 18.2 Å². The van der Waals surface area contributed by atoms with Crippen LogP contribution in [0.3, 0.4) is 0 Å². The largest absolute Gasteiger partial charge is 0.483 e. The zero-order valence-electron chi connectivity index (χ0n) is 16.9. The van der Waals surface area contributed by atoms with Gasteiger partial charge >= 0.3 is 6.03 Å². The van der Waals surface area contributed by atoms with Crippen molar-refractivity contribution in [3.8, 4) is 0 Å². The summed E-state index contributed by atoms with van der Waals surface area (Å²) in [6, 6.07) is 5.54. The van der Waals surface area contributed by atoms with E-state index in [-0.39, 0.29) is 24.5 Å². The number of hydrogen-bond donors (Lipinski definition) is 4. The van der Waals surface area contributed by atoms with Gasteiger partial charge in [-0.15, -0.1) is 0 Å². The highest BCUT2D eigenvalue weighted by atomic mass is 32.1. The summed E-state index contributed by atoms with van der Waals surface area (Å²) < 4.78 is 5.27. The van der Waals surface area contributed by atoms with Crippen LogP contribution in [0.5, 0.6) is 0 Å². The monoisotopic (exact) mass is 433 g/mol. The van der Waals surface area contributed by atoms with Gasteiger partial charge in [-0.25, -0.2) is 4.79 Å². The Morgan fingerprint density at radius 3 is 2.70 bits per heavy atom. The lowest BCUT2D eigenvalue weighted by Crippen LogP contribution is -2.57. The van der Waals surface area contributed by atoms with Crippen molar-refractivity contribution in [3.63, 3.8) is 0 Å². The molecule has 0 aliphatic carbocycles. The number of carbonyl (C=O) groups is 3. The number of aromatic nitrogens is 1. The smallest absolute Gasteiger partial charge is 0.319 e. The predicted octanol–water partition coefficient (Wildman–Crippen LogP) is 2.35. The number of carboxylic acid groups (broad SMARTS) is 1. The molecule has 0 radical (unpaired) electrons. The number of anilines is 1. The molecule has 3 aliphatic heterocycles. The third-order valence-corrected chi connectivity index (χ3v) is 6.26. The number of benzene rings is 1. The van der Waals surface area contributed by atoms with Gasteiger partial charge in [0, 0.05) is 30.2 Å². The summed E-state index contributed by atoms with van der Waals surface area (Å²) in [5.74, 6) is 0.489. The van der Waals surface area contributed by atoms with E-state index in [4.69, 9.17) is 9.90 Å². The molecule has 0 spiro atoms. The average Bonchev–Trinajstić information content (AvgIpc) is 3.17. The van der Waals surface area contributed by atoms with Crippen LogP contribution >= 0.6 is 11.5 Å². The van der Waals surface area contributed by atoms with Crippen molar-refractivity contribution in [2.24, 2.45) is 5.92 Å². The van der Waals surface area contributed by atoms with Crippen LogP contribution in [0.1, 0.15) is 36.7 Å². The topological polar surface area (TPSA) is 124 Å². The van der Waals surface area contributed by atoms with Gasteiger partial charge in [-0.2, -0.15) is 4.37 Å². The van der Waals surface area contributed by atoms with Crippen molar-refractivity contribution < 1.29 is 19.5 Å². The minimum absolute atomic E-state index is 0.0959. The Morgan fingerprint density at radius 2 is 2.07 bits per heavy atom. The van der Waals surface area contributed by atoms with Crippen molar-refractivity contribution in [2.75, 3.05) is 31.5 Å². The fourth-order valence-corrected chi connectivity index (χ4v) is 4.77. The number of nitrogens with one attached hydrogen (secondary N) is 3. The second-order valence-electron chi connectivity index (χ2n) is 7.45. The predicted molar refractivity (Wildman–Crippen MR) is 116 cm³/mol. The first-order valence-corrected chi connectivity index (χ1v) is 10.9. The molecule has 0 unspecified atom stereocenters. The fraction of sp³-hybridized carbons (Fsp3) is 0.500. The number of rotatable bonds is 5. The molecule has 0 saturated carbocycles. The van der Waals surface area contributed by atoms with E-state index in [1.54, 1.807) is 0 Å². The van der Waals surface area contributed by atoms with Crippen LogP contribution in [0.4, 0.5) is 10.5 Å². The molecule has 3 aliphatic rings. The summed E-state index contributed by atoms with van der Waals surface area (Å²) in [6.07, 6.45) is 3.22. The van der Waals surface area contributed by atoms with Gasteiger partial charge in [0.2, 0.25) is 0 Å². The van der Waals surface area contributed by atoms with E-state index in [2.05, 4.69) is 25.2 Å². The summed E-state index contributed by atoms with van der Waals surface area (Å²) in [6.45, 7) is 5.64. The van der Waals surface area contributed by atoms with Crippen LogP contribution in [0, 0.1) is 5.92 Å². The Kier molecular flexibility index (Phi) is 7.58. The molecule has 162 valence electrons. The molecular formula is C20H27N5O4S. The Labute approximate surface area is 179 Å². The second kappa shape index (κ2) is 10.4. The van der Waals surface area contributed by atoms with Crippen molar-refractivity contribution in [3.05, 3.63) is 23.9 Å². The Morgan fingerprint density at radius 1 is 1.33 bits per heavy atom. The van der Waals surface area contributed by atoms with E-state index in [0.717, 1.165) is 49.0 Å². The first-order chi connectivity index (χ1) is 14.5. The quantitative estimate of drug-likeness (QED) is 0.537. The van der Waals surface area contributed by atoms with E-state index < -0.39 is 0 Å². The maximum absolute atomic E-state index is 12.8.